The number of aromatic nitrogens is 1. The number of ether oxygens (including phenoxy) is 1. The van der Waals surface area contributed by atoms with Crippen LogP contribution in [0.25, 0.3) is 10.4 Å². The number of aryl methyl sites for hydroxylation is 1. The lowest BCUT2D eigenvalue weighted by atomic mass is 10.1. The Morgan fingerprint density at radius 2 is 1.84 bits per heavy atom. The van der Waals surface area contributed by atoms with E-state index in [-0.39, 0.29) is 5.91 Å². The Kier molecular flexibility index (Phi) is 5.46. The van der Waals surface area contributed by atoms with Crippen molar-refractivity contribution in [1.29, 1.82) is 0 Å². The quantitative estimate of drug-likeness (QED) is 0.727. The van der Waals surface area contributed by atoms with Crippen LogP contribution in [-0.4, -0.2) is 24.5 Å². The van der Waals surface area contributed by atoms with Crippen molar-refractivity contribution in [2.75, 3.05) is 13.7 Å². The predicted octanol–water partition coefficient (Wildman–Crippen LogP) is 4.10. The van der Waals surface area contributed by atoms with Crippen LogP contribution in [0.2, 0.25) is 0 Å². The van der Waals surface area contributed by atoms with Crippen molar-refractivity contribution in [1.82, 2.24) is 10.3 Å². The van der Waals surface area contributed by atoms with Gasteiger partial charge in [0.15, 0.2) is 0 Å². The summed E-state index contributed by atoms with van der Waals surface area (Å²) in [6.45, 7) is 2.49. The van der Waals surface area contributed by atoms with Gasteiger partial charge in [-0.15, -0.1) is 11.3 Å². The van der Waals surface area contributed by atoms with Gasteiger partial charge in [0.25, 0.3) is 5.91 Å². The Bertz CT molecular complexity index is 842. The van der Waals surface area contributed by atoms with Crippen molar-refractivity contribution in [3.63, 3.8) is 0 Å². The van der Waals surface area contributed by atoms with Crippen LogP contribution in [0.3, 0.4) is 0 Å². The Labute approximate surface area is 151 Å². The van der Waals surface area contributed by atoms with E-state index in [0.29, 0.717) is 12.2 Å². The summed E-state index contributed by atoms with van der Waals surface area (Å²) in [6, 6.07) is 17.8. The molecular formula is C20H20N2O2S. The summed E-state index contributed by atoms with van der Waals surface area (Å²) in [4.78, 5) is 17.9. The molecule has 4 nitrogen and oxygen atoms in total. The number of carbonyl (C=O) groups excluding carboxylic acids is 1. The lowest BCUT2D eigenvalue weighted by Gasteiger charge is -2.06. The van der Waals surface area contributed by atoms with E-state index in [2.05, 4.69) is 10.3 Å². The maximum absolute atomic E-state index is 12.6. The number of methoxy groups -OCH3 is 1. The molecule has 1 aromatic heterocycles. The third kappa shape index (κ3) is 4.25. The van der Waals surface area contributed by atoms with Gasteiger partial charge < -0.3 is 10.1 Å². The average molecular weight is 352 g/mol. The van der Waals surface area contributed by atoms with Gasteiger partial charge in [0.1, 0.15) is 11.4 Å². The summed E-state index contributed by atoms with van der Waals surface area (Å²) in [7, 11) is 1.65. The SMILES string of the molecule is COc1ccc(CCNC(=O)c2nc(C)sc2-c2ccccc2)cc1. The summed E-state index contributed by atoms with van der Waals surface area (Å²) in [5.41, 5.74) is 2.68. The van der Waals surface area contributed by atoms with Gasteiger partial charge in [0.05, 0.1) is 17.0 Å². The molecule has 1 amide bonds. The molecule has 0 saturated heterocycles. The van der Waals surface area contributed by atoms with Gasteiger partial charge in [-0.2, -0.15) is 0 Å². The number of thiazole rings is 1. The first-order chi connectivity index (χ1) is 12.2. The first-order valence-corrected chi connectivity index (χ1v) is 8.93. The summed E-state index contributed by atoms with van der Waals surface area (Å²) in [5, 5.41) is 3.86. The number of benzene rings is 2. The number of hydrogen-bond acceptors (Lipinski definition) is 4. The van der Waals surface area contributed by atoms with Crippen LogP contribution < -0.4 is 10.1 Å². The Morgan fingerprint density at radius 3 is 2.52 bits per heavy atom. The second-order valence-electron chi connectivity index (χ2n) is 5.63. The maximum atomic E-state index is 12.6. The highest BCUT2D eigenvalue weighted by molar-refractivity contribution is 7.15. The van der Waals surface area contributed by atoms with Gasteiger partial charge in [-0.3, -0.25) is 4.79 Å². The maximum Gasteiger partial charge on any atom is 0.271 e. The molecule has 2 aromatic carbocycles. The number of hydrogen-bond donors (Lipinski definition) is 1. The molecule has 3 aromatic rings. The van der Waals surface area contributed by atoms with Gasteiger partial charge in [0.2, 0.25) is 0 Å². The molecule has 0 unspecified atom stereocenters. The predicted molar refractivity (Wildman–Crippen MR) is 101 cm³/mol. The summed E-state index contributed by atoms with van der Waals surface area (Å²) in [6.07, 6.45) is 0.763. The molecule has 0 aliphatic heterocycles. The lowest BCUT2D eigenvalue weighted by molar-refractivity contribution is 0.0950. The molecule has 1 heterocycles. The topological polar surface area (TPSA) is 51.2 Å². The average Bonchev–Trinajstić information content (AvgIpc) is 3.05. The Morgan fingerprint density at radius 1 is 1.12 bits per heavy atom. The lowest BCUT2D eigenvalue weighted by Crippen LogP contribution is -2.26. The molecule has 0 radical (unpaired) electrons. The minimum atomic E-state index is -0.128. The summed E-state index contributed by atoms with van der Waals surface area (Å²) < 4.78 is 5.15. The highest BCUT2D eigenvalue weighted by Crippen LogP contribution is 2.29. The van der Waals surface area contributed by atoms with Crippen LogP contribution in [0.1, 0.15) is 21.1 Å². The van der Waals surface area contributed by atoms with Crippen LogP contribution >= 0.6 is 11.3 Å². The highest BCUT2D eigenvalue weighted by atomic mass is 32.1. The van der Waals surface area contributed by atoms with E-state index in [1.807, 2.05) is 61.5 Å². The third-order valence-electron chi connectivity index (χ3n) is 3.84. The van der Waals surface area contributed by atoms with Crippen molar-refractivity contribution < 1.29 is 9.53 Å². The van der Waals surface area contributed by atoms with Gasteiger partial charge in [0, 0.05) is 6.54 Å². The molecular weight excluding hydrogens is 332 g/mol. The molecule has 0 bridgehead atoms. The van der Waals surface area contributed by atoms with E-state index in [0.717, 1.165) is 33.2 Å². The molecule has 0 atom stereocenters. The smallest absolute Gasteiger partial charge is 0.271 e. The fraction of sp³-hybridized carbons (Fsp3) is 0.200. The fourth-order valence-electron chi connectivity index (χ4n) is 2.56. The number of carbonyl (C=O) groups is 1. The second-order valence-corrected chi connectivity index (χ2v) is 6.83. The molecule has 1 N–H and O–H groups in total. The molecule has 0 spiro atoms. The third-order valence-corrected chi connectivity index (χ3v) is 4.86. The van der Waals surface area contributed by atoms with Crippen molar-refractivity contribution in [3.05, 3.63) is 70.9 Å². The first-order valence-electron chi connectivity index (χ1n) is 8.11. The molecule has 3 rings (SSSR count). The van der Waals surface area contributed by atoms with Crippen molar-refractivity contribution in [3.8, 4) is 16.2 Å². The van der Waals surface area contributed by atoms with Crippen molar-refractivity contribution in [2.45, 2.75) is 13.3 Å². The van der Waals surface area contributed by atoms with Gasteiger partial charge in [-0.1, -0.05) is 42.5 Å². The Hall–Kier alpha value is -2.66. The van der Waals surface area contributed by atoms with Crippen LogP contribution in [0.15, 0.2) is 54.6 Å². The van der Waals surface area contributed by atoms with E-state index in [4.69, 9.17) is 4.74 Å². The highest BCUT2D eigenvalue weighted by Gasteiger charge is 2.17. The van der Waals surface area contributed by atoms with E-state index < -0.39 is 0 Å². The van der Waals surface area contributed by atoms with Crippen molar-refractivity contribution in [2.24, 2.45) is 0 Å². The van der Waals surface area contributed by atoms with Crippen molar-refractivity contribution >= 4 is 17.2 Å². The summed E-state index contributed by atoms with van der Waals surface area (Å²) >= 11 is 1.54. The number of rotatable bonds is 6. The Balaban J connectivity index is 1.65. The van der Waals surface area contributed by atoms with Gasteiger partial charge in [-0.25, -0.2) is 4.98 Å². The molecule has 0 fully saturated rings. The molecule has 0 aliphatic rings. The van der Waals surface area contributed by atoms with E-state index in [1.165, 1.54) is 0 Å². The number of nitrogens with one attached hydrogen (secondary N) is 1. The van der Waals surface area contributed by atoms with E-state index in [1.54, 1.807) is 18.4 Å². The van der Waals surface area contributed by atoms with Crippen LogP contribution in [0, 0.1) is 6.92 Å². The van der Waals surface area contributed by atoms with E-state index >= 15 is 0 Å². The van der Waals surface area contributed by atoms with Crippen LogP contribution in [0.5, 0.6) is 5.75 Å². The molecule has 25 heavy (non-hydrogen) atoms. The zero-order valence-electron chi connectivity index (χ0n) is 14.3. The number of nitrogens with zero attached hydrogens (tertiary/aromatic N) is 1. The minimum absolute atomic E-state index is 0.128. The standard InChI is InChI=1S/C20H20N2O2S/c1-14-22-18(19(25-14)16-6-4-3-5-7-16)20(23)21-13-12-15-8-10-17(24-2)11-9-15/h3-11H,12-13H2,1-2H3,(H,21,23). The van der Waals surface area contributed by atoms with Gasteiger partial charge in [-0.05, 0) is 36.6 Å². The van der Waals surface area contributed by atoms with Crippen LogP contribution in [0.4, 0.5) is 0 Å². The number of amides is 1. The van der Waals surface area contributed by atoms with Gasteiger partial charge >= 0.3 is 0 Å². The molecule has 0 saturated carbocycles. The normalized spacial score (nSPS) is 10.5. The van der Waals surface area contributed by atoms with E-state index in [9.17, 15) is 4.79 Å². The fourth-order valence-corrected chi connectivity index (χ4v) is 3.48. The molecule has 0 aliphatic carbocycles. The zero-order valence-corrected chi connectivity index (χ0v) is 15.1. The molecule has 128 valence electrons. The summed E-state index contributed by atoms with van der Waals surface area (Å²) in [5.74, 6) is 0.704. The first kappa shape index (κ1) is 17.2. The monoisotopic (exact) mass is 352 g/mol. The zero-order chi connectivity index (χ0) is 17.6. The minimum Gasteiger partial charge on any atom is -0.497 e. The molecule has 5 heteroatoms. The largest absolute Gasteiger partial charge is 0.497 e. The van der Waals surface area contributed by atoms with Crippen LogP contribution in [-0.2, 0) is 6.42 Å². The second kappa shape index (κ2) is 7.94.